The van der Waals surface area contributed by atoms with Crippen LogP contribution >= 0.6 is 0 Å². The summed E-state index contributed by atoms with van der Waals surface area (Å²) in [5.74, 6) is 0.106. The number of nitrogens with zero attached hydrogens (tertiary/aromatic N) is 4. The molecule has 1 fully saturated rings. The van der Waals surface area contributed by atoms with Gasteiger partial charge in [0.1, 0.15) is 5.65 Å². The molecule has 1 aliphatic rings. The van der Waals surface area contributed by atoms with E-state index < -0.39 is 16.2 Å². The molecule has 0 spiro atoms. The second-order valence-corrected chi connectivity index (χ2v) is 6.90. The van der Waals surface area contributed by atoms with Gasteiger partial charge in [0.15, 0.2) is 0 Å². The molecule has 0 aromatic carbocycles. The van der Waals surface area contributed by atoms with Crippen molar-refractivity contribution in [3.63, 3.8) is 0 Å². The Balaban J connectivity index is 2.08. The van der Waals surface area contributed by atoms with Gasteiger partial charge in [0.25, 0.3) is 0 Å². The van der Waals surface area contributed by atoms with Gasteiger partial charge in [-0.05, 0) is 25.5 Å². The zero-order valence-electron chi connectivity index (χ0n) is 14.8. The van der Waals surface area contributed by atoms with Crippen LogP contribution in [-0.2, 0) is 4.74 Å². The average Bonchev–Trinajstić information content (AvgIpc) is 2.57. The summed E-state index contributed by atoms with van der Waals surface area (Å²) >= 11 is 0. The molecule has 8 heteroatoms. The molecule has 0 N–H and O–H groups in total. The summed E-state index contributed by atoms with van der Waals surface area (Å²) in [6, 6.07) is 5.05. The van der Waals surface area contributed by atoms with Gasteiger partial charge in [-0.2, -0.15) is 0 Å². The van der Waals surface area contributed by atoms with Gasteiger partial charge in [-0.1, -0.05) is 19.9 Å². The van der Waals surface area contributed by atoms with Gasteiger partial charge in [0.05, 0.1) is 11.0 Å². The van der Waals surface area contributed by atoms with Crippen molar-refractivity contribution in [3.8, 4) is 0 Å². The summed E-state index contributed by atoms with van der Waals surface area (Å²) in [5.41, 5.74) is -0.974. The molecule has 1 aliphatic carbocycles. The van der Waals surface area contributed by atoms with Crippen LogP contribution in [0.25, 0.3) is 5.65 Å². The standard InChI is InChI=1S/C17H22N4O4/c1-5-25-12-10-11(17(12,2)3)19(4)15-14(21(23)24)16(22)20-9-7-6-8-13(20)18-15/h6-9,11-12H,5,10H2,1-4H3/t11-,12-/m0/s1. The average molecular weight is 346 g/mol. The third-order valence-corrected chi connectivity index (χ3v) is 5.17. The molecule has 1 saturated carbocycles. The molecular formula is C17H22N4O4. The highest BCUT2D eigenvalue weighted by atomic mass is 16.6. The van der Waals surface area contributed by atoms with Crippen LogP contribution in [0.2, 0.25) is 0 Å². The molecule has 2 aromatic rings. The van der Waals surface area contributed by atoms with Crippen LogP contribution in [0.5, 0.6) is 0 Å². The minimum absolute atomic E-state index is 0.000752. The largest absolute Gasteiger partial charge is 0.378 e. The Bertz CT molecular complexity index is 877. The topological polar surface area (TPSA) is 90.0 Å². The maximum atomic E-state index is 12.6. The lowest BCUT2D eigenvalue weighted by Gasteiger charge is -2.54. The van der Waals surface area contributed by atoms with Gasteiger partial charge in [0, 0.05) is 31.3 Å². The first-order valence-electron chi connectivity index (χ1n) is 8.29. The van der Waals surface area contributed by atoms with E-state index in [1.807, 2.05) is 6.92 Å². The number of anilines is 1. The van der Waals surface area contributed by atoms with Gasteiger partial charge in [-0.15, -0.1) is 0 Å². The van der Waals surface area contributed by atoms with E-state index in [-0.39, 0.29) is 23.4 Å². The number of fused-ring (bicyclic) bond motifs is 1. The molecule has 0 aliphatic heterocycles. The summed E-state index contributed by atoms with van der Waals surface area (Å²) in [4.78, 5) is 29.6. The predicted octanol–water partition coefficient (Wildman–Crippen LogP) is 2.24. The van der Waals surface area contributed by atoms with Crippen LogP contribution in [0.1, 0.15) is 27.2 Å². The minimum Gasteiger partial charge on any atom is -0.378 e. The van der Waals surface area contributed by atoms with Crippen molar-refractivity contribution in [1.82, 2.24) is 9.38 Å². The van der Waals surface area contributed by atoms with E-state index in [0.717, 1.165) is 6.42 Å². The van der Waals surface area contributed by atoms with Crippen molar-refractivity contribution in [3.05, 3.63) is 44.9 Å². The van der Waals surface area contributed by atoms with Crippen molar-refractivity contribution >= 4 is 17.2 Å². The highest BCUT2D eigenvalue weighted by Gasteiger charge is 2.52. The predicted molar refractivity (Wildman–Crippen MR) is 94.1 cm³/mol. The van der Waals surface area contributed by atoms with Crippen LogP contribution in [0, 0.1) is 15.5 Å². The number of aromatic nitrogens is 2. The van der Waals surface area contributed by atoms with Gasteiger partial charge >= 0.3 is 11.2 Å². The van der Waals surface area contributed by atoms with Crippen molar-refractivity contribution in [2.24, 2.45) is 5.41 Å². The summed E-state index contributed by atoms with van der Waals surface area (Å²) in [5, 5.41) is 11.5. The molecular weight excluding hydrogens is 324 g/mol. The molecule has 3 rings (SSSR count). The van der Waals surface area contributed by atoms with Crippen molar-refractivity contribution < 1.29 is 9.66 Å². The summed E-state index contributed by atoms with van der Waals surface area (Å²) in [6.45, 7) is 6.71. The molecule has 2 heterocycles. The van der Waals surface area contributed by atoms with Crippen molar-refractivity contribution in [2.45, 2.75) is 39.3 Å². The number of pyridine rings is 1. The molecule has 134 valence electrons. The first kappa shape index (κ1) is 17.3. The molecule has 0 unspecified atom stereocenters. The van der Waals surface area contributed by atoms with E-state index in [9.17, 15) is 14.9 Å². The van der Waals surface area contributed by atoms with Crippen LogP contribution in [-0.4, -0.2) is 40.1 Å². The Hall–Kier alpha value is -2.48. The first-order chi connectivity index (χ1) is 11.8. The summed E-state index contributed by atoms with van der Waals surface area (Å²) < 4.78 is 6.93. The second kappa shape index (κ2) is 6.11. The Morgan fingerprint density at radius 2 is 2.20 bits per heavy atom. The fourth-order valence-electron chi connectivity index (χ4n) is 3.63. The highest BCUT2D eigenvalue weighted by Crippen LogP contribution is 2.47. The van der Waals surface area contributed by atoms with E-state index in [2.05, 4.69) is 18.8 Å². The zero-order valence-corrected chi connectivity index (χ0v) is 14.8. The van der Waals surface area contributed by atoms with Gasteiger partial charge < -0.3 is 9.64 Å². The molecule has 0 bridgehead atoms. The Morgan fingerprint density at radius 1 is 1.48 bits per heavy atom. The normalized spacial score (nSPS) is 21.8. The third kappa shape index (κ3) is 2.66. The Labute approximate surface area is 145 Å². The minimum atomic E-state index is -0.670. The molecule has 25 heavy (non-hydrogen) atoms. The van der Waals surface area contributed by atoms with Gasteiger partial charge in [0.2, 0.25) is 5.82 Å². The fourth-order valence-corrected chi connectivity index (χ4v) is 3.63. The van der Waals surface area contributed by atoms with Gasteiger partial charge in [-0.3, -0.25) is 19.3 Å². The quantitative estimate of drug-likeness (QED) is 0.609. The van der Waals surface area contributed by atoms with E-state index in [1.165, 1.54) is 10.6 Å². The zero-order chi connectivity index (χ0) is 18.4. The van der Waals surface area contributed by atoms with Crippen LogP contribution < -0.4 is 10.5 Å². The highest BCUT2D eigenvalue weighted by molar-refractivity contribution is 5.62. The maximum absolute atomic E-state index is 12.6. The number of ether oxygens (including phenoxy) is 1. The van der Waals surface area contributed by atoms with Crippen molar-refractivity contribution in [1.29, 1.82) is 0 Å². The van der Waals surface area contributed by atoms with Crippen LogP contribution in [0.3, 0.4) is 0 Å². The lowest BCUT2D eigenvalue weighted by molar-refractivity contribution is -0.385. The smallest absolute Gasteiger partial charge is 0.376 e. The fraction of sp³-hybridized carbons (Fsp3) is 0.529. The van der Waals surface area contributed by atoms with Crippen molar-refractivity contribution in [2.75, 3.05) is 18.6 Å². The summed E-state index contributed by atoms with van der Waals surface area (Å²) in [6.07, 6.45) is 2.31. The number of hydrogen-bond donors (Lipinski definition) is 0. The molecule has 2 aromatic heterocycles. The summed E-state index contributed by atoms with van der Waals surface area (Å²) in [7, 11) is 1.75. The van der Waals surface area contributed by atoms with Gasteiger partial charge in [-0.25, -0.2) is 4.98 Å². The number of hydrogen-bond acceptors (Lipinski definition) is 6. The van der Waals surface area contributed by atoms with E-state index in [4.69, 9.17) is 4.74 Å². The van der Waals surface area contributed by atoms with E-state index in [1.54, 1.807) is 30.1 Å². The third-order valence-electron chi connectivity index (χ3n) is 5.17. The molecule has 0 radical (unpaired) electrons. The Kier molecular flexibility index (Phi) is 4.24. The lowest BCUT2D eigenvalue weighted by atomic mass is 9.64. The molecule has 2 atom stereocenters. The first-order valence-corrected chi connectivity index (χ1v) is 8.29. The molecule has 0 saturated heterocycles. The number of rotatable bonds is 5. The maximum Gasteiger partial charge on any atom is 0.376 e. The molecule has 8 nitrogen and oxygen atoms in total. The Morgan fingerprint density at radius 3 is 2.80 bits per heavy atom. The van der Waals surface area contributed by atoms with E-state index in [0.29, 0.717) is 12.3 Å². The number of nitro groups is 1. The second-order valence-electron chi connectivity index (χ2n) is 6.90. The van der Waals surface area contributed by atoms with Crippen LogP contribution in [0.4, 0.5) is 11.5 Å². The lowest BCUT2D eigenvalue weighted by Crippen LogP contribution is -2.61. The van der Waals surface area contributed by atoms with Crippen LogP contribution in [0.15, 0.2) is 29.2 Å². The molecule has 0 amide bonds. The monoisotopic (exact) mass is 346 g/mol. The SMILES string of the molecule is CCO[C@H]1C[C@H](N(C)c2nc3ccccn3c(=O)c2[N+](=O)[O-])C1(C)C. The van der Waals surface area contributed by atoms with E-state index >= 15 is 0 Å².